The van der Waals surface area contributed by atoms with Gasteiger partial charge in [0.05, 0.1) is 0 Å². The number of benzene rings is 1. The third-order valence-corrected chi connectivity index (χ3v) is 1.99. The molecule has 0 heterocycles. The minimum atomic E-state index is -1.72. The van der Waals surface area contributed by atoms with Crippen molar-refractivity contribution in [2.45, 2.75) is 20.2 Å². The molecule has 5 heteroatoms. The van der Waals surface area contributed by atoms with E-state index in [9.17, 15) is 14.0 Å². The van der Waals surface area contributed by atoms with Crippen LogP contribution in [0.25, 0.3) is 0 Å². The molecule has 0 aliphatic carbocycles. The largest absolute Gasteiger partial charge is 0.478 e. The lowest BCUT2D eigenvalue weighted by molar-refractivity contribution is -0.153. The predicted octanol–water partition coefficient (Wildman–Crippen LogP) is 3.42. The van der Waals surface area contributed by atoms with E-state index in [1.165, 1.54) is 13.8 Å². The van der Waals surface area contributed by atoms with Gasteiger partial charge in [0.2, 0.25) is 0 Å². The molecular weight excluding hydrogens is 263 g/mol. The number of carbonyl (C=O) groups excluding carboxylic acids is 1. The molecule has 0 spiro atoms. The Balaban J connectivity index is 0.000000511. The molecule has 0 fully saturated rings. The zero-order chi connectivity index (χ0) is 15.7. The molecule has 4 nitrogen and oxygen atoms in total. The molecule has 108 valence electrons. The van der Waals surface area contributed by atoms with Crippen molar-refractivity contribution in [1.82, 2.24) is 0 Å². The molecule has 1 aromatic carbocycles. The second kappa shape index (κ2) is 8.63. The summed E-state index contributed by atoms with van der Waals surface area (Å²) in [5, 5.41) is 7.89. The lowest BCUT2D eigenvalue weighted by atomic mass is 10.2. The molecular formula is C15H17FO4. The molecule has 1 unspecified atom stereocenters. The molecule has 0 aliphatic rings. The number of hydrogen-bond donors (Lipinski definition) is 1. The van der Waals surface area contributed by atoms with Crippen LogP contribution in [0.4, 0.5) is 4.39 Å². The number of halogens is 1. The standard InChI is InChI=1S/C11H11FO2.C4H6O2/c1-8(2)11(13)14-10(12)9-6-4-3-5-7-9;1-3(2)4(5)6/h3-7,10H,1H2,2H3;1H2,2H3,(H,5,6). The van der Waals surface area contributed by atoms with E-state index in [2.05, 4.69) is 17.9 Å². The van der Waals surface area contributed by atoms with Crippen molar-refractivity contribution in [3.8, 4) is 0 Å². The number of hydrogen-bond acceptors (Lipinski definition) is 3. The highest BCUT2D eigenvalue weighted by Gasteiger charge is 2.14. The van der Waals surface area contributed by atoms with Crippen molar-refractivity contribution in [2.24, 2.45) is 0 Å². The van der Waals surface area contributed by atoms with Gasteiger partial charge >= 0.3 is 11.9 Å². The highest BCUT2D eigenvalue weighted by molar-refractivity contribution is 5.87. The Bertz CT molecular complexity index is 482. The second-order valence-corrected chi connectivity index (χ2v) is 4.00. The van der Waals surface area contributed by atoms with Crippen molar-refractivity contribution < 1.29 is 23.8 Å². The Kier molecular flexibility index (Phi) is 7.58. The number of alkyl halides is 1. The van der Waals surface area contributed by atoms with Gasteiger partial charge in [0.15, 0.2) is 0 Å². The van der Waals surface area contributed by atoms with Crippen molar-refractivity contribution in [1.29, 1.82) is 0 Å². The summed E-state index contributed by atoms with van der Waals surface area (Å²) >= 11 is 0. The summed E-state index contributed by atoms with van der Waals surface area (Å²) in [7, 11) is 0. The minimum absolute atomic E-state index is 0.176. The Labute approximate surface area is 117 Å². The van der Waals surface area contributed by atoms with Gasteiger partial charge in [-0.25, -0.2) is 9.59 Å². The first kappa shape index (κ1) is 17.6. The van der Waals surface area contributed by atoms with Crippen molar-refractivity contribution >= 4 is 11.9 Å². The SMILES string of the molecule is C=C(C)C(=O)O.C=C(C)C(=O)OC(F)c1ccccc1. The van der Waals surface area contributed by atoms with Gasteiger partial charge in [-0.05, 0) is 13.8 Å². The van der Waals surface area contributed by atoms with E-state index in [-0.39, 0.29) is 11.1 Å². The number of carboxylic acids is 1. The molecule has 1 aromatic rings. The van der Waals surface area contributed by atoms with Crippen LogP contribution in [0.1, 0.15) is 25.8 Å². The topological polar surface area (TPSA) is 63.6 Å². The van der Waals surface area contributed by atoms with Crippen LogP contribution < -0.4 is 0 Å². The minimum Gasteiger partial charge on any atom is -0.478 e. The summed E-state index contributed by atoms with van der Waals surface area (Å²) in [6, 6.07) is 8.22. The van der Waals surface area contributed by atoms with E-state index < -0.39 is 18.3 Å². The number of carboxylic acid groups (broad SMARTS) is 1. The van der Waals surface area contributed by atoms with E-state index in [0.717, 1.165) is 0 Å². The van der Waals surface area contributed by atoms with Gasteiger partial charge in [0.25, 0.3) is 6.36 Å². The van der Waals surface area contributed by atoms with E-state index in [0.29, 0.717) is 5.56 Å². The highest BCUT2D eigenvalue weighted by Crippen LogP contribution is 2.19. The van der Waals surface area contributed by atoms with E-state index in [1.54, 1.807) is 30.3 Å². The summed E-state index contributed by atoms with van der Waals surface area (Å²) in [5.41, 5.74) is 0.681. The van der Waals surface area contributed by atoms with Gasteiger partial charge < -0.3 is 9.84 Å². The fourth-order valence-corrected chi connectivity index (χ4v) is 0.867. The molecule has 0 bridgehead atoms. The van der Waals surface area contributed by atoms with Crippen molar-refractivity contribution in [3.63, 3.8) is 0 Å². The lowest BCUT2D eigenvalue weighted by Gasteiger charge is -2.09. The van der Waals surface area contributed by atoms with Crippen LogP contribution in [0.2, 0.25) is 0 Å². The average Bonchev–Trinajstić information content (AvgIpc) is 2.40. The number of rotatable bonds is 4. The number of esters is 1. The molecule has 0 aromatic heterocycles. The van der Waals surface area contributed by atoms with Gasteiger partial charge in [-0.15, -0.1) is 0 Å². The first-order chi connectivity index (χ1) is 9.25. The third kappa shape index (κ3) is 7.10. The zero-order valence-corrected chi connectivity index (χ0v) is 11.4. The fraction of sp³-hybridized carbons (Fsp3) is 0.200. The predicted molar refractivity (Wildman–Crippen MR) is 73.6 cm³/mol. The first-order valence-electron chi connectivity index (χ1n) is 5.70. The zero-order valence-electron chi connectivity index (χ0n) is 11.4. The number of aliphatic carboxylic acids is 1. The van der Waals surface area contributed by atoms with Gasteiger partial charge in [-0.2, -0.15) is 4.39 Å². The lowest BCUT2D eigenvalue weighted by Crippen LogP contribution is -2.08. The van der Waals surface area contributed by atoms with E-state index in [4.69, 9.17) is 5.11 Å². The van der Waals surface area contributed by atoms with Gasteiger partial charge in [-0.3, -0.25) is 0 Å². The molecule has 0 aliphatic heterocycles. The summed E-state index contributed by atoms with van der Waals surface area (Å²) in [5.74, 6) is -1.66. The summed E-state index contributed by atoms with van der Waals surface area (Å²) < 4.78 is 17.8. The van der Waals surface area contributed by atoms with Crippen LogP contribution in [0.3, 0.4) is 0 Å². The second-order valence-electron chi connectivity index (χ2n) is 4.00. The first-order valence-corrected chi connectivity index (χ1v) is 5.70. The normalized spacial score (nSPS) is 10.6. The smallest absolute Gasteiger partial charge is 0.335 e. The van der Waals surface area contributed by atoms with Crippen LogP contribution in [-0.2, 0) is 14.3 Å². The fourth-order valence-electron chi connectivity index (χ4n) is 0.867. The maximum absolute atomic E-state index is 13.3. The summed E-state index contributed by atoms with van der Waals surface area (Å²) in [6.45, 7) is 9.43. The number of carbonyl (C=O) groups is 2. The van der Waals surface area contributed by atoms with Crippen LogP contribution in [0, 0.1) is 0 Å². The van der Waals surface area contributed by atoms with Gasteiger partial charge in [0, 0.05) is 16.7 Å². The van der Waals surface area contributed by atoms with Crippen LogP contribution in [0.15, 0.2) is 54.6 Å². The Morgan fingerprint density at radius 1 is 1.15 bits per heavy atom. The maximum Gasteiger partial charge on any atom is 0.335 e. The van der Waals surface area contributed by atoms with Crippen LogP contribution >= 0.6 is 0 Å². The van der Waals surface area contributed by atoms with Crippen molar-refractivity contribution in [3.05, 3.63) is 60.2 Å². The molecule has 0 saturated carbocycles. The molecule has 0 saturated heterocycles. The van der Waals surface area contributed by atoms with Gasteiger partial charge in [-0.1, -0.05) is 43.5 Å². The van der Waals surface area contributed by atoms with E-state index >= 15 is 0 Å². The highest BCUT2D eigenvalue weighted by atomic mass is 19.1. The summed E-state index contributed by atoms with van der Waals surface area (Å²) in [4.78, 5) is 20.6. The third-order valence-electron chi connectivity index (χ3n) is 1.99. The van der Waals surface area contributed by atoms with E-state index in [1.807, 2.05) is 0 Å². The Morgan fingerprint density at radius 2 is 1.60 bits per heavy atom. The monoisotopic (exact) mass is 280 g/mol. The molecule has 0 radical (unpaired) electrons. The number of ether oxygens (including phenoxy) is 1. The quantitative estimate of drug-likeness (QED) is 0.678. The molecule has 1 atom stereocenters. The van der Waals surface area contributed by atoms with Crippen LogP contribution in [0.5, 0.6) is 0 Å². The molecule has 1 rings (SSSR count). The van der Waals surface area contributed by atoms with Crippen molar-refractivity contribution in [2.75, 3.05) is 0 Å². The molecule has 0 amide bonds. The van der Waals surface area contributed by atoms with Crippen LogP contribution in [-0.4, -0.2) is 17.0 Å². The van der Waals surface area contributed by atoms with Gasteiger partial charge in [0.1, 0.15) is 0 Å². The summed E-state index contributed by atoms with van der Waals surface area (Å²) in [6.07, 6.45) is -1.72. The Hall–Kier alpha value is -2.43. The molecule has 20 heavy (non-hydrogen) atoms. The Morgan fingerprint density at radius 3 is 1.95 bits per heavy atom. The average molecular weight is 280 g/mol. The molecule has 1 N–H and O–H groups in total. The maximum atomic E-state index is 13.3.